The minimum atomic E-state index is -0.431. The van der Waals surface area contributed by atoms with Crippen molar-refractivity contribution in [2.75, 3.05) is 17.7 Å². The molecule has 7 nitrogen and oxygen atoms in total. The highest BCUT2D eigenvalue weighted by Crippen LogP contribution is 2.17. The van der Waals surface area contributed by atoms with Gasteiger partial charge in [0.2, 0.25) is 5.91 Å². The van der Waals surface area contributed by atoms with Gasteiger partial charge in [0.05, 0.1) is 18.1 Å². The molecular formula is C17H18N4O3. The van der Waals surface area contributed by atoms with Crippen LogP contribution in [0.1, 0.15) is 6.92 Å². The number of ether oxygens (including phenoxy) is 1. The number of hydrogen-bond acceptors (Lipinski definition) is 4. The molecule has 124 valence electrons. The van der Waals surface area contributed by atoms with Gasteiger partial charge in [-0.1, -0.05) is 0 Å². The Labute approximate surface area is 138 Å². The van der Waals surface area contributed by atoms with Crippen LogP contribution in [0.5, 0.6) is 5.75 Å². The van der Waals surface area contributed by atoms with E-state index in [-0.39, 0.29) is 11.6 Å². The maximum Gasteiger partial charge on any atom is 0.323 e. The number of hydrogen-bond donors (Lipinski definition) is 4. The lowest BCUT2D eigenvalue weighted by molar-refractivity contribution is -0.116. The van der Waals surface area contributed by atoms with Crippen LogP contribution in [0.3, 0.4) is 0 Å². The number of rotatable bonds is 5. The second-order valence-electron chi connectivity index (χ2n) is 5.42. The molecule has 1 atom stereocenters. The predicted molar refractivity (Wildman–Crippen MR) is 93.6 cm³/mol. The van der Waals surface area contributed by atoms with E-state index in [1.807, 2.05) is 24.3 Å². The average Bonchev–Trinajstić information content (AvgIpc) is 2.94. The van der Waals surface area contributed by atoms with Crippen LogP contribution in [-0.4, -0.2) is 29.0 Å². The SMILES string of the molecule is COc1ccc(N[C@@H](C)C(=O)Nc2ccc3[nH]c(=O)[nH]c3c2)cc1. The zero-order valence-electron chi connectivity index (χ0n) is 13.3. The monoisotopic (exact) mass is 326 g/mol. The fraction of sp³-hybridized carbons (Fsp3) is 0.176. The highest BCUT2D eigenvalue weighted by atomic mass is 16.5. The number of imidazole rings is 1. The molecule has 2 aromatic carbocycles. The Balaban J connectivity index is 1.66. The van der Waals surface area contributed by atoms with Crippen LogP contribution in [0, 0.1) is 0 Å². The van der Waals surface area contributed by atoms with Gasteiger partial charge in [-0.25, -0.2) is 4.79 Å². The molecule has 0 aliphatic heterocycles. The summed E-state index contributed by atoms with van der Waals surface area (Å²) in [6.07, 6.45) is 0. The maximum atomic E-state index is 12.3. The molecule has 0 unspecified atom stereocenters. The fourth-order valence-electron chi connectivity index (χ4n) is 2.36. The molecule has 24 heavy (non-hydrogen) atoms. The van der Waals surface area contributed by atoms with Gasteiger partial charge in [0.25, 0.3) is 0 Å². The Kier molecular flexibility index (Phi) is 4.24. The minimum absolute atomic E-state index is 0.178. The van der Waals surface area contributed by atoms with Crippen molar-refractivity contribution in [2.24, 2.45) is 0 Å². The van der Waals surface area contributed by atoms with E-state index >= 15 is 0 Å². The third-order valence-corrected chi connectivity index (χ3v) is 3.65. The number of aromatic amines is 2. The lowest BCUT2D eigenvalue weighted by atomic mass is 10.2. The van der Waals surface area contributed by atoms with Crippen molar-refractivity contribution in [2.45, 2.75) is 13.0 Å². The summed E-state index contributed by atoms with van der Waals surface area (Å²) in [6, 6.07) is 12.1. The van der Waals surface area contributed by atoms with Crippen molar-refractivity contribution in [3.63, 3.8) is 0 Å². The minimum Gasteiger partial charge on any atom is -0.497 e. The first-order chi connectivity index (χ1) is 11.5. The highest BCUT2D eigenvalue weighted by molar-refractivity contribution is 5.97. The number of H-pyrrole nitrogens is 2. The first kappa shape index (κ1) is 15.7. The molecule has 0 aliphatic rings. The molecule has 0 saturated carbocycles. The van der Waals surface area contributed by atoms with E-state index in [4.69, 9.17) is 4.74 Å². The molecule has 0 fully saturated rings. The van der Waals surface area contributed by atoms with E-state index in [1.165, 1.54) is 0 Å². The number of fused-ring (bicyclic) bond motifs is 1. The number of benzene rings is 2. The van der Waals surface area contributed by atoms with Gasteiger partial charge in [0.15, 0.2) is 0 Å². The zero-order valence-corrected chi connectivity index (χ0v) is 13.3. The van der Waals surface area contributed by atoms with Crippen molar-refractivity contribution >= 4 is 28.3 Å². The molecule has 3 rings (SSSR count). The van der Waals surface area contributed by atoms with Crippen molar-refractivity contribution in [1.82, 2.24) is 9.97 Å². The van der Waals surface area contributed by atoms with Crippen LogP contribution < -0.4 is 21.1 Å². The van der Waals surface area contributed by atoms with Crippen molar-refractivity contribution < 1.29 is 9.53 Å². The van der Waals surface area contributed by atoms with Gasteiger partial charge in [0, 0.05) is 11.4 Å². The topological polar surface area (TPSA) is 99.0 Å². The zero-order chi connectivity index (χ0) is 17.1. The maximum absolute atomic E-state index is 12.3. The van der Waals surface area contributed by atoms with E-state index in [0.29, 0.717) is 16.7 Å². The number of methoxy groups -OCH3 is 1. The van der Waals surface area contributed by atoms with E-state index in [9.17, 15) is 9.59 Å². The molecule has 0 bridgehead atoms. The molecule has 1 aromatic heterocycles. The average molecular weight is 326 g/mol. The summed E-state index contributed by atoms with van der Waals surface area (Å²) in [4.78, 5) is 28.9. The number of aromatic nitrogens is 2. The predicted octanol–water partition coefficient (Wildman–Crippen LogP) is 2.30. The lowest BCUT2D eigenvalue weighted by Gasteiger charge is -2.15. The van der Waals surface area contributed by atoms with E-state index < -0.39 is 6.04 Å². The number of carbonyl (C=O) groups is 1. The Morgan fingerprint density at radius 2 is 1.71 bits per heavy atom. The van der Waals surface area contributed by atoms with Crippen LogP contribution >= 0.6 is 0 Å². The number of nitrogens with one attached hydrogen (secondary N) is 4. The summed E-state index contributed by atoms with van der Waals surface area (Å²) in [5.74, 6) is 0.578. The van der Waals surface area contributed by atoms with E-state index in [1.54, 1.807) is 32.2 Å². The number of amides is 1. The number of anilines is 2. The van der Waals surface area contributed by atoms with Crippen molar-refractivity contribution in [1.29, 1.82) is 0 Å². The first-order valence-electron chi connectivity index (χ1n) is 7.48. The van der Waals surface area contributed by atoms with Crippen molar-refractivity contribution in [3.8, 4) is 5.75 Å². The number of carbonyl (C=O) groups excluding carboxylic acids is 1. The highest BCUT2D eigenvalue weighted by Gasteiger charge is 2.13. The van der Waals surface area contributed by atoms with Gasteiger partial charge in [0.1, 0.15) is 11.8 Å². The first-order valence-corrected chi connectivity index (χ1v) is 7.48. The van der Waals surface area contributed by atoms with Gasteiger partial charge < -0.3 is 25.3 Å². The van der Waals surface area contributed by atoms with E-state index in [2.05, 4.69) is 20.6 Å². The third-order valence-electron chi connectivity index (χ3n) is 3.65. The smallest absolute Gasteiger partial charge is 0.323 e. The fourth-order valence-corrected chi connectivity index (χ4v) is 2.36. The van der Waals surface area contributed by atoms with Crippen molar-refractivity contribution in [3.05, 3.63) is 52.9 Å². The summed E-state index contributed by atoms with van der Waals surface area (Å²) < 4.78 is 5.10. The largest absolute Gasteiger partial charge is 0.497 e. The molecule has 0 spiro atoms. The van der Waals surface area contributed by atoms with Crippen LogP contribution in [0.25, 0.3) is 11.0 Å². The summed E-state index contributed by atoms with van der Waals surface area (Å²) in [5.41, 5.74) is 2.51. The summed E-state index contributed by atoms with van der Waals surface area (Å²) in [6.45, 7) is 1.77. The molecule has 0 saturated heterocycles. The molecular weight excluding hydrogens is 308 g/mol. The third kappa shape index (κ3) is 3.40. The Hall–Kier alpha value is -3.22. The molecule has 1 heterocycles. The summed E-state index contributed by atoms with van der Waals surface area (Å²) in [5, 5.41) is 5.95. The lowest BCUT2D eigenvalue weighted by Crippen LogP contribution is -2.31. The van der Waals surface area contributed by atoms with Crippen LogP contribution in [0.4, 0.5) is 11.4 Å². The second-order valence-corrected chi connectivity index (χ2v) is 5.42. The van der Waals surface area contributed by atoms with Gasteiger partial charge in [-0.3, -0.25) is 4.79 Å². The second kappa shape index (κ2) is 6.49. The molecule has 4 N–H and O–H groups in total. The standard InChI is InChI=1S/C17H18N4O3/c1-10(18-11-3-6-13(24-2)7-4-11)16(22)19-12-5-8-14-15(9-12)21-17(23)20-14/h3-10,18H,1-2H3,(H,19,22)(H2,20,21,23)/t10-/m0/s1. The Morgan fingerprint density at radius 1 is 1.04 bits per heavy atom. The van der Waals surface area contributed by atoms with Crippen LogP contribution in [0.15, 0.2) is 47.3 Å². The van der Waals surface area contributed by atoms with Crippen LogP contribution in [0.2, 0.25) is 0 Å². The molecule has 3 aromatic rings. The molecule has 1 amide bonds. The Bertz CT molecular complexity index is 911. The normalized spacial score (nSPS) is 11.9. The summed E-state index contributed by atoms with van der Waals surface area (Å²) >= 11 is 0. The Morgan fingerprint density at radius 3 is 2.42 bits per heavy atom. The van der Waals surface area contributed by atoms with Crippen LogP contribution in [-0.2, 0) is 4.79 Å². The summed E-state index contributed by atoms with van der Waals surface area (Å²) in [7, 11) is 1.60. The van der Waals surface area contributed by atoms with Gasteiger partial charge in [-0.05, 0) is 49.4 Å². The molecule has 0 aliphatic carbocycles. The van der Waals surface area contributed by atoms with Gasteiger partial charge in [-0.2, -0.15) is 0 Å². The van der Waals surface area contributed by atoms with Gasteiger partial charge >= 0.3 is 5.69 Å². The molecule has 7 heteroatoms. The van der Waals surface area contributed by atoms with E-state index in [0.717, 1.165) is 11.4 Å². The van der Waals surface area contributed by atoms with Gasteiger partial charge in [-0.15, -0.1) is 0 Å². The quantitative estimate of drug-likeness (QED) is 0.578. The molecule has 0 radical (unpaired) electrons.